The van der Waals surface area contributed by atoms with Crippen LogP contribution < -0.4 is 11.1 Å². The summed E-state index contributed by atoms with van der Waals surface area (Å²) in [6, 6.07) is 9.25. The summed E-state index contributed by atoms with van der Waals surface area (Å²) in [5, 5.41) is 3.77. The number of nitrogens with one attached hydrogen (secondary N) is 1. The Morgan fingerprint density at radius 1 is 1.11 bits per heavy atom. The van der Waals surface area contributed by atoms with Crippen LogP contribution in [-0.4, -0.2) is 4.99 Å². The maximum absolute atomic E-state index is 12.9. The van der Waals surface area contributed by atoms with Gasteiger partial charge in [-0.1, -0.05) is 35.4 Å². The van der Waals surface area contributed by atoms with Gasteiger partial charge in [0.2, 0.25) is 0 Å². The number of benzene rings is 2. The molecular formula is C13H9Cl2FN2S. The van der Waals surface area contributed by atoms with E-state index in [1.807, 2.05) is 0 Å². The van der Waals surface area contributed by atoms with Gasteiger partial charge in [-0.25, -0.2) is 4.39 Å². The highest BCUT2D eigenvalue weighted by atomic mass is 35.5. The minimum atomic E-state index is -0.391. The fraction of sp³-hybridized carbons (Fsp3) is 0. The zero-order chi connectivity index (χ0) is 14.0. The molecular weight excluding hydrogens is 306 g/mol. The number of nitrogens with two attached hydrogens (primary N) is 1. The highest BCUT2D eigenvalue weighted by Gasteiger charge is 2.06. The second kappa shape index (κ2) is 5.74. The Labute approximate surface area is 125 Å². The zero-order valence-corrected chi connectivity index (χ0v) is 11.9. The van der Waals surface area contributed by atoms with Gasteiger partial charge in [0.05, 0.1) is 15.7 Å². The quantitative estimate of drug-likeness (QED) is 0.819. The number of hydrogen-bond acceptors (Lipinski definition) is 2. The van der Waals surface area contributed by atoms with Crippen molar-refractivity contribution in [2.24, 2.45) is 5.73 Å². The Kier molecular flexibility index (Phi) is 4.24. The number of hydrogen-bond donors (Lipinski definition) is 2. The SMILES string of the molecule is NC(=S)c1ccc(Nc2ccc(F)cc2Cl)cc1Cl. The molecule has 0 bridgehead atoms. The Balaban J connectivity index is 2.29. The molecule has 0 aliphatic carbocycles. The molecule has 0 saturated heterocycles. The van der Waals surface area contributed by atoms with Gasteiger partial charge in [-0.15, -0.1) is 0 Å². The van der Waals surface area contributed by atoms with E-state index in [-0.39, 0.29) is 10.0 Å². The number of thiocarbonyl (C=S) groups is 1. The predicted octanol–water partition coefficient (Wildman–Crippen LogP) is 4.51. The lowest BCUT2D eigenvalue weighted by molar-refractivity contribution is 0.628. The molecule has 0 unspecified atom stereocenters. The first-order chi connectivity index (χ1) is 8.97. The van der Waals surface area contributed by atoms with E-state index in [1.165, 1.54) is 12.1 Å². The lowest BCUT2D eigenvalue weighted by Crippen LogP contribution is -2.09. The molecule has 0 heterocycles. The Morgan fingerprint density at radius 3 is 2.42 bits per heavy atom. The topological polar surface area (TPSA) is 38.0 Å². The molecule has 2 rings (SSSR count). The van der Waals surface area contributed by atoms with Crippen molar-refractivity contribution in [1.82, 2.24) is 0 Å². The molecule has 19 heavy (non-hydrogen) atoms. The first-order valence-electron chi connectivity index (χ1n) is 5.29. The molecule has 0 aliphatic rings. The minimum Gasteiger partial charge on any atom is -0.389 e. The van der Waals surface area contributed by atoms with E-state index >= 15 is 0 Å². The van der Waals surface area contributed by atoms with Crippen LogP contribution in [0.4, 0.5) is 15.8 Å². The van der Waals surface area contributed by atoms with Gasteiger partial charge in [0, 0.05) is 11.3 Å². The van der Waals surface area contributed by atoms with Gasteiger partial charge in [-0.3, -0.25) is 0 Å². The van der Waals surface area contributed by atoms with Gasteiger partial charge < -0.3 is 11.1 Å². The molecule has 0 atom stereocenters. The summed E-state index contributed by atoms with van der Waals surface area (Å²) in [6.45, 7) is 0. The smallest absolute Gasteiger partial charge is 0.124 e. The van der Waals surface area contributed by atoms with E-state index in [1.54, 1.807) is 24.3 Å². The number of anilines is 2. The highest BCUT2D eigenvalue weighted by molar-refractivity contribution is 7.80. The standard InChI is InChI=1S/C13H9Cl2FN2S/c14-10-6-8(2-3-9(10)13(17)19)18-12-4-1-7(16)5-11(12)15/h1-6,18H,(H2,17,19). The van der Waals surface area contributed by atoms with E-state index in [4.69, 9.17) is 41.2 Å². The second-order valence-electron chi connectivity index (χ2n) is 3.81. The maximum Gasteiger partial charge on any atom is 0.124 e. The third-order valence-corrected chi connectivity index (χ3v) is 3.29. The first kappa shape index (κ1) is 14.1. The fourth-order valence-corrected chi connectivity index (χ4v) is 2.27. The summed E-state index contributed by atoms with van der Waals surface area (Å²) in [7, 11) is 0. The van der Waals surface area contributed by atoms with Crippen molar-refractivity contribution in [3.05, 3.63) is 57.8 Å². The zero-order valence-electron chi connectivity index (χ0n) is 9.58. The third-order valence-electron chi connectivity index (χ3n) is 2.44. The molecule has 0 amide bonds. The minimum absolute atomic E-state index is 0.233. The van der Waals surface area contributed by atoms with E-state index in [0.717, 1.165) is 0 Å². The van der Waals surface area contributed by atoms with E-state index in [0.29, 0.717) is 22.0 Å². The first-order valence-corrected chi connectivity index (χ1v) is 6.45. The number of halogens is 3. The van der Waals surface area contributed by atoms with Gasteiger partial charge >= 0.3 is 0 Å². The van der Waals surface area contributed by atoms with Gasteiger partial charge in [0.25, 0.3) is 0 Å². The molecule has 6 heteroatoms. The molecule has 3 N–H and O–H groups in total. The molecule has 2 aromatic carbocycles. The molecule has 2 aromatic rings. The Bertz CT molecular complexity index is 647. The Hall–Kier alpha value is -1.36. The molecule has 2 nitrogen and oxygen atoms in total. The Morgan fingerprint density at radius 2 is 1.84 bits per heavy atom. The van der Waals surface area contributed by atoms with Gasteiger partial charge in [-0.2, -0.15) is 0 Å². The fourth-order valence-electron chi connectivity index (χ4n) is 1.54. The van der Waals surface area contributed by atoms with Gasteiger partial charge in [0.1, 0.15) is 10.8 Å². The molecule has 0 radical (unpaired) electrons. The maximum atomic E-state index is 12.9. The molecule has 0 spiro atoms. The monoisotopic (exact) mass is 314 g/mol. The van der Waals surface area contributed by atoms with Crippen LogP contribution in [0.15, 0.2) is 36.4 Å². The second-order valence-corrected chi connectivity index (χ2v) is 5.06. The van der Waals surface area contributed by atoms with Crippen LogP contribution in [-0.2, 0) is 0 Å². The summed E-state index contributed by atoms with van der Waals surface area (Å²) in [5.74, 6) is -0.391. The van der Waals surface area contributed by atoms with Crippen molar-refractivity contribution in [3.63, 3.8) is 0 Å². The third kappa shape index (κ3) is 3.35. The van der Waals surface area contributed by atoms with E-state index in [9.17, 15) is 4.39 Å². The lowest BCUT2D eigenvalue weighted by atomic mass is 10.2. The molecule has 0 aliphatic heterocycles. The summed E-state index contributed by atoms with van der Waals surface area (Å²) in [5.41, 5.74) is 7.42. The molecule has 0 aromatic heterocycles. The van der Waals surface area contributed by atoms with Crippen LogP contribution in [0.1, 0.15) is 5.56 Å². The van der Waals surface area contributed by atoms with Crippen LogP contribution in [0.25, 0.3) is 0 Å². The average molecular weight is 315 g/mol. The van der Waals surface area contributed by atoms with Crippen molar-refractivity contribution in [3.8, 4) is 0 Å². The van der Waals surface area contributed by atoms with E-state index in [2.05, 4.69) is 5.32 Å². The van der Waals surface area contributed by atoms with Crippen LogP contribution in [0, 0.1) is 5.82 Å². The molecule has 98 valence electrons. The van der Waals surface area contributed by atoms with Crippen LogP contribution in [0.3, 0.4) is 0 Å². The lowest BCUT2D eigenvalue weighted by Gasteiger charge is -2.10. The van der Waals surface area contributed by atoms with Crippen molar-refractivity contribution in [2.75, 3.05) is 5.32 Å². The van der Waals surface area contributed by atoms with Gasteiger partial charge in [0.15, 0.2) is 0 Å². The van der Waals surface area contributed by atoms with Gasteiger partial charge in [-0.05, 0) is 36.4 Å². The van der Waals surface area contributed by atoms with Crippen molar-refractivity contribution < 1.29 is 4.39 Å². The largest absolute Gasteiger partial charge is 0.389 e. The molecule has 0 saturated carbocycles. The average Bonchev–Trinajstić information content (AvgIpc) is 2.32. The van der Waals surface area contributed by atoms with Crippen LogP contribution in [0.5, 0.6) is 0 Å². The normalized spacial score (nSPS) is 10.3. The van der Waals surface area contributed by atoms with Crippen LogP contribution in [0.2, 0.25) is 10.0 Å². The van der Waals surface area contributed by atoms with Crippen molar-refractivity contribution in [1.29, 1.82) is 0 Å². The summed E-state index contributed by atoms with van der Waals surface area (Å²) >= 11 is 16.8. The molecule has 0 fully saturated rings. The van der Waals surface area contributed by atoms with Crippen molar-refractivity contribution in [2.45, 2.75) is 0 Å². The summed E-state index contributed by atoms with van der Waals surface area (Å²) in [6.07, 6.45) is 0. The predicted molar refractivity (Wildman–Crippen MR) is 82.0 cm³/mol. The number of rotatable bonds is 3. The van der Waals surface area contributed by atoms with Crippen LogP contribution >= 0.6 is 35.4 Å². The van der Waals surface area contributed by atoms with Crippen molar-refractivity contribution >= 4 is 51.8 Å². The highest BCUT2D eigenvalue weighted by Crippen LogP contribution is 2.28. The van der Waals surface area contributed by atoms with E-state index < -0.39 is 5.82 Å². The summed E-state index contributed by atoms with van der Waals surface area (Å²) in [4.78, 5) is 0.233. The summed E-state index contributed by atoms with van der Waals surface area (Å²) < 4.78 is 12.9.